The zero-order valence-electron chi connectivity index (χ0n) is 25.7. The summed E-state index contributed by atoms with van der Waals surface area (Å²) in [5.41, 5.74) is 2.79. The number of nitrogens with one attached hydrogen (secondary N) is 2. The Labute approximate surface area is 276 Å². The van der Waals surface area contributed by atoms with Gasteiger partial charge < -0.3 is 19.2 Å². The number of pyridine rings is 1. The summed E-state index contributed by atoms with van der Waals surface area (Å²) in [6.45, 7) is 6.65. The van der Waals surface area contributed by atoms with Gasteiger partial charge in [0.2, 0.25) is 0 Å². The number of nitrogens with zero attached hydrogens (tertiary/aromatic N) is 2. The Morgan fingerprint density at radius 2 is 1.72 bits per heavy atom. The van der Waals surface area contributed by atoms with Gasteiger partial charge in [0.25, 0.3) is 5.91 Å². The molecule has 2 N–H and O–H groups in total. The molecule has 2 amide bonds. The van der Waals surface area contributed by atoms with E-state index in [9.17, 15) is 14.4 Å². The van der Waals surface area contributed by atoms with E-state index in [4.69, 9.17) is 37.4 Å². The van der Waals surface area contributed by atoms with Crippen LogP contribution in [-0.4, -0.2) is 57.6 Å². The molecule has 0 unspecified atom stereocenters. The normalized spacial score (nSPS) is 16.1. The minimum atomic E-state index is -0.773. The Morgan fingerprint density at radius 1 is 1.00 bits per heavy atom. The summed E-state index contributed by atoms with van der Waals surface area (Å²) in [6, 6.07) is 13.7. The van der Waals surface area contributed by atoms with E-state index in [1.54, 1.807) is 39.0 Å². The Balaban J connectivity index is 1.29. The maximum atomic E-state index is 14.1. The Hall–Kier alpha value is -4.12. The molecule has 1 saturated carbocycles. The van der Waals surface area contributed by atoms with Crippen molar-refractivity contribution in [2.45, 2.75) is 58.1 Å². The van der Waals surface area contributed by atoms with Gasteiger partial charge in [-0.25, -0.2) is 20.2 Å². The van der Waals surface area contributed by atoms with Crippen LogP contribution in [0.4, 0.5) is 4.79 Å². The van der Waals surface area contributed by atoms with Crippen molar-refractivity contribution < 1.29 is 28.6 Å². The number of para-hydroxylation sites is 1. The summed E-state index contributed by atoms with van der Waals surface area (Å²) in [5.74, 6) is 0.121. The number of H-pyrrole nitrogens is 1. The molecule has 1 saturated heterocycles. The fraction of sp³-hybridized carbons (Fsp3) is 0.353. The van der Waals surface area contributed by atoms with Crippen molar-refractivity contribution in [1.29, 1.82) is 0 Å². The SMILES string of the molecule is CC(C)(C)OC(=O)NN(C(=O)c1cnc2[nH]cc(C(=O)c3ccc(Oc4ccccc4)cc3Cl)c2c1Cl)C1CCC2(CC1)COC2. The second-order valence-electron chi connectivity index (χ2n) is 12.8. The van der Waals surface area contributed by atoms with E-state index in [2.05, 4.69) is 15.4 Å². The average Bonchev–Trinajstić information content (AvgIpc) is 3.44. The van der Waals surface area contributed by atoms with Gasteiger partial charge in [-0.05, 0) is 70.7 Å². The van der Waals surface area contributed by atoms with Crippen LogP contribution in [0.2, 0.25) is 10.0 Å². The molecule has 0 atom stereocenters. The van der Waals surface area contributed by atoms with E-state index >= 15 is 0 Å². The maximum absolute atomic E-state index is 14.1. The number of aromatic nitrogens is 2. The molecular weight excluding hydrogens is 631 g/mol. The number of carbonyl (C=O) groups excluding carboxylic acids is 3. The van der Waals surface area contributed by atoms with Crippen LogP contribution in [0.3, 0.4) is 0 Å². The molecule has 0 bridgehead atoms. The number of hydrogen-bond donors (Lipinski definition) is 2. The van der Waals surface area contributed by atoms with E-state index in [0.717, 1.165) is 12.8 Å². The van der Waals surface area contributed by atoms with Crippen LogP contribution in [0.1, 0.15) is 72.7 Å². The minimum Gasteiger partial charge on any atom is -0.457 e. The van der Waals surface area contributed by atoms with Crippen LogP contribution in [0.5, 0.6) is 11.5 Å². The zero-order valence-corrected chi connectivity index (χ0v) is 27.2. The standard InChI is InChI=1S/C34H34Cl2N4O6/c1-33(2,3)46-32(43)39-40(20-11-13-34(14-12-20)18-44-19-34)31(42)25-17-38-30-27(28(25)36)24(16-37-30)29(41)23-10-9-22(15-26(23)35)45-21-7-5-4-6-8-21/h4-10,15-17,20H,11-14,18-19H2,1-3H3,(H,37,38)(H,39,43). The number of rotatable bonds is 6. The Bertz CT molecular complexity index is 1790. The van der Waals surface area contributed by atoms with Gasteiger partial charge in [-0.15, -0.1) is 0 Å². The lowest BCUT2D eigenvalue weighted by molar-refractivity contribution is -0.138. The van der Waals surface area contributed by atoms with E-state index in [0.29, 0.717) is 43.2 Å². The first kappa shape index (κ1) is 31.8. The zero-order chi connectivity index (χ0) is 32.6. The van der Waals surface area contributed by atoms with Crippen molar-refractivity contribution in [2.75, 3.05) is 13.2 Å². The quantitative estimate of drug-likeness (QED) is 0.160. The van der Waals surface area contributed by atoms with Crippen LogP contribution >= 0.6 is 23.2 Å². The van der Waals surface area contributed by atoms with E-state index < -0.39 is 23.4 Å². The molecule has 6 rings (SSSR count). The largest absolute Gasteiger partial charge is 0.457 e. The minimum absolute atomic E-state index is 0.0235. The highest BCUT2D eigenvalue weighted by Crippen LogP contribution is 2.43. The predicted octanol–water partition coefficient (Wildman–Crippen LogP) is 7.73. The van der Waals surface area contributed by atoms with Crippen molar-refractivity contribution in [2.24, 2.45) is 5.41 Å². The number of ether oxygens (including phenoxy) is 3. The van der Waals surface area contributed by atoms with Crippen molar-refractivity contribution in [3.8, 4) is 11.5 Å². The van der Waals surface area contributed by atoms with E-state index in [-0.39, 0.29) is 43.6 Å². The summed E-state index contributed by atoms with van der Waals surface area (Å²) < 4.78 is 16.8. The monoisotopic (exact) mass is 664 g/mol. The molecule has 2 fully saturated rings. The predicted molar refractivity (Wildman–Crippen MR) is 174 cm³/mol. The van der Waals surface area contributed by atoms with Crippen molar-refractivity contribution >= 4 is 52.0 Å². The summed E-state index contributed by atoms with van der Waals surface area (Å²) in [7, 11) is 0. The number of amides is 2. The van der Waals surface area contributed by atoms with Crippen molar-refractivity contribution in [1.82, 2.24) is 20.4 Å². The fourth-order valence-corrected chi connectivity index (χ4v) is 6.46. The van der Waals surface area contributed by atoms with Gasteiger partial charge in [-0.2, -0.15) is 0 Å². The third-order valence-corrected chi connectivity index (χ3v) is 9.01. The highest BCUT2D eigenvalue weighted by atomic mass is 35.5. The van der Waals surface area contributed by atoms with Crippen LogP contribution < -0.4 is 10.2 Å². The van der Waals surface area contributed by atoms with E-state index in [1.165, 1.54) is 17.4 Å². The summed E-state index contributed by atoms with van der Waals surface area (Å²) >= 11 is 13.5. The van der Waals surface area contributed by atoms with Gasteiger partial charge in [0.1, 0.15) is 22.7 Å². The molecule has 1 aliphatic heterocycles. The number of halogens is 2. The highest BCUT2D eigenvalue weighted by molar-refractivity contribution is 6.41. The number of hydrogen-bond acceptors (Lipinski definition) is 7. The van der Waals surface area contributed by atoms with Crippen LogP contribution in [-0.2, 0) is 9.47 Å². The van der Waals surface area contributed by atoms with Crippen molar-refractivity contribution in [3.05, 3.63) is 87.7 Å². The maximum Gasteiger partial charge on any atom is 0.426 e. The van der Waals surface area contributed by atoms with Crippen LogP contribution in [0, 0.1) is 5.41 Å². The van der Waals surface area contributed by atoms with E-state index in [1.807, 2.05) is 30.3 Å². The molecule has 10 nitrogen and oxygen atoms in total. The number of fused-ring (bicyclic) bond motifs is 1. The molecule has 0 radical (unpaired) electrons. The topological polar surface area (TPSA) is 123 Å². The molecule has 240 valence electrons. The summed E-state index contributed by atoms with van der Waals surface area (Å²) in [6.07, 6.45) is 5.11. The molecule has 1 aliphatic carbocycles. The summed E-state index contributed by atoms with van der Waals surface area (Å²) in [4.78, 5) is 48.2. The first-order chi connectivity index (χ1) is 21.9. The lowest BCUT2D eigenvalue weighted by Gasteiger charge is -2.48. The summed E-state index contributed by atoms with van der Waals surface area (Å²) in [5, 5.41) is 1.77. The Kier molecular flexibility index (Phi) is 8.71. The lowest BCUT2D eigenvalue weighted by atomic mass is 9.71. The first-order valence-corrected chi connectivity index (χ1v) is 15.8. The second kappa shape index (κ2) is 12.6. The van der Waals surface area contributed by atoms with Crippen LogP contribution in [0.15, 0.2) is 60.9 Å². The van der Waals surface area contributed by atoms with Gasteiger partial charge in [0, 0.05) is 34.8 Å². The van der Waals surface area contributed by atoms with Gasteiger partial charge in [-0.3, -0.25) is 9.59 Å². The molecule has 2 aliphatic rings. The molecular formula is C34H34Cl2N4O6. The first-order valence-electron chi connectivity index (χ1n) is 15.1. The van der Waals surface area contributed by atoms with Gasteiger partial charge in [0.15, 0.2) is 5.78 Å². The fourth-order valence-electron chi connectivity index (χ4n) is 5.89. The van der Waals surface area contributed by atoms with Gasteiger partial charge in [0.05, 0.1) is 40.4 Å². The lowest BCUT2D eigenvalue weighted by Crippen LogP contribution is -2.56. The average molecular weight is 666 g/mol. The van der Waals surface area contributed by atoms with Gasteiger partial charge in [-0.1, -0.05) is 41.4 Å². The number of carbonyl (C=O) groups is 3. The molecule has 3 heterocycles. The van der Waals surface area contributed by atoms with Gasteiger partial charge >= 0.3 is 6.09 Å². The number of benzene rings is 2. The highest BCUT2D eigenvalue weighted by Gasteiger charge is 2.44. The number of ketones is 1. The Morgan fingerprint density at radius 3 is 2.35 bits per heavy atom. The van der Waals surface area contributed by atoms with Crippen LogP contribution in [0.25, 0.3) is 11.0 Å². The van der Waals surface area contributed by atoms with Crippen molar-refractivity contribution in [3.63, 3.8) is 0 Å². The number of hydrazine groups is 1. The molecule has 12 heteroatoms. The molecule has 4 aromatic rings. The third-order valence-electron chi connectivity index (χ3n) is 8.30. The molecule has 1 spiro atoms. The second-order valence-corrected chi connectivity index (χ2v) is 13.6. The molecule has 2 aromatic heterocycles. The third kappa shape index (κ3) is 6.56. The smallest absolute Gasteiger partial charge is 0.426 e. The molecule has 46 heavy (non-hydrogen) atoms. The number of aromatic amines is 1. The molecule has 2 aromatic carbocycles.